The summed E-state index contributed by atoms with van der Waals surface area (Å²) in [5.41, 5.74) is 6.28. The van der Waals surface area contributed by atoms with Crippen molar-refractivity contribution < 1.29 is 12.8 Å². The number of nitrogens with one attached hydrogen (secondary N) is 1. The lowest BCUT2D eigenvalue weighted by Crippen LogP contribution is -2.14. The fraction of sp³-hybridized carbons (Fsp3) is 0. The van der Waals surface area contributed by atoms with Crippen LogP contribution in [0, 0.1) is 5.82 Å². The summed E-state index contributed by atoms with van der Waals surface area (Å²) >= 11 is 7.80. The molecular formula is C13H10BrFN2O2S2. The number of halogens is 2. The van der Waals surface area contributed by atoms with Crippen LogP contribution in [0.15, 0.2) is 51.8 Å². The van der Waals surface area contributed by atoms with Gasteiger partial charge in [-0.3, -0.25) is 4.72 Å². The van der Waals surface area contributed by atoms with E-state index in [1.165, 1.54) is 36.4 Å². The lowest BCUT2D eigenvalue weighted by Gasteiger charge is -2.09. The van der Waals surface area contributed by atoms with Crippen LogP contribution in [0.4, 0.5) is 10.1 Å². The van der Waals surface area contributed by atoms with Gasteiger partial charge >= 0.3 is 0 Å². The second-order valence-corrected chi connectivity index (χ2v) is 7.10. The third-order valence-corrected chi connectivity index (χ3v) is 4.86. The summed E-state index contributed by atoms with van der Waals surface area (Å²) < 4.78 is 40.1. The van der Waals surface area contributed by atoms with Gasteiger partial charge in [0.15, 0.2) is 0 Å². The molecule has 0 spiro atoms. The molecule has 0 radical (unpaired) electrons. The summed E-state index contributed by atoms with van der Waals surface area (Å²) in [5, 5.41) is 0. The summed E-state index contributed by atoms with van der Waals surface area (Å²) in [6, 6.07) is 9.69. The van der Waals surface area contributed by atoms with Gasteiger partial charge in [-0.2, -0.15) is 0 Å². The number of hydrogen-bond acceptors (Lipinski definition) is 3. The first-order valence-corrected chi connectivity index (χ1v) is 8.36. The first-order chi connectivity index (χ1) is 9.79. The van der Waals surface area contributed by atoms with Gasteiger partial charge in [-0.05, 0) is 46.3 Å². The lowest BCUT2D eigenvalue weighted by atomic mass is 10.2. The molecule has 8 heteroatoms. The molecular weight excluding hydrogens is 379 g/mol. The van der Waals surface area contributed by atoms with Crippen molar-refractivity contribution in [2.75, 3.05) is 4.72 Å². The number of sulfonamides is 1. The predicted molar refractivity (Wildman–Crippen MR) is 87.2 cm³/mol. The van der Waals surface area contributed by atoms with Crippen molar-refractivity contribution in [1.82, 2.24) is 0 Å². The van der Waals surface area contributed by atoms with Gasteiger partial charge in [-0.15, -0.1) is 0 Å². The number of benzene rings is 2. The maximum atomic E-state index is 13.1. The van der Waals surface area contributed by atoms with Crippen LogP contribution in [0.25, 0.3) is 0 Å². The molecule has 0 saturated heterocycles. The van der Waals surface area contributed by atoms with Crippen LogP contribution in [0.5, 0.6) is 0 Å². The van der Waals surface area contributed by atoms with Crippen LogP contribution in [0.3, 0.4) is 0 Å². The molecule has 0 fully saturated rings. The largest absolute Gasteiger partial charge is 0.389 e. The molecule has 2 aromatic carbocycles. The zero-order valence-electron chi connectivity index (χ0n) is 10.5. The fourth-order valence-corrected chi connectivity index (χ4v) is 3.14. The highest BCUT2D eigenvalue weighted by molar-refractivity contribution is 9.10. The van der Waals surface area contributed by atoms with E-state index in [0.29, 0.717) is 5.56 Å². The molecule has 0 aliphatic heterocycles. The van der Waals surface area contributed by atoms with E-state index in [1.807, 2.05) is 0 Å². The average Bonchev–Trinajstić information content (AvgIpc) is 2.43. The Balaban J connectivity index is 2.29. The highest BCUT2D eigenvalue weighted by atomic mass is 79.9. The normalized spacial score (nSPS) is 11.1. The van der Waals surface area contributed by atoms with Gasteiger partial charge < -0.3 is 5.73 Å². The molecule has 0 atom stereocenters. The average molecular weight is 389 g/mol. The molecule has 0 amide bonds. The van der Waals surface area contributed by atoms with Gasteiger partial charge in [-0.1, -0.05) is 24.4 Å². The Kier molecular flexibility index (Phi) is 4.60. The molecule has 3 N–H and O–H groups in total. The van der Waals surface area contributed by atoms with Crippen LogP contribution in [-0.2, 0) is 10.0 Å². The standard InChI is InChI=1S/C13H10BrFN2O2S2/c14-11-7-9(3-6-12(11)15)17-21(18,19)10-4-1-8(2-5-10)13(16)20/h1-7,17H,(H2,16,20). The van der Waals surface area contributed by atoms with E-state index < -0.39 is 15.8 Å². The predicted octanol–water partition coefficient (Wildman–Crippen LogP) is 3.02. The Morgan fingerprint density at radius 1 is 1.19 bits per heavy atom. The zero-order chi connectivity index (χ0) is 15.6. The quantitative estimate of drug-likeness (QED) is 0.789. The SMILES string of the molecule is NC(=S)c1ccc(S(=O)(=O)Nc2ccc(F)c(Br)c2)cc1. The van der Waals surface area contributed by atoms with Crippen LogP contribution < -0.4 is 10.5 Å². The Morgan fingerprint density at radius 2 is 1.81 bits per heavy atom. The van der Waals surface area contributed by atoms with E-state index in [4.69, 9.17) is 18.0 Å². The van der Waals surface area contributed by atoms with Gasteiger partial charge in [-0.25, -0.2) is 12.8 Å². The molecule has 21 heavy (non-hydrogen) atoms. The maximum absolute atomic E-state index is 13.1. The third kappa shape index (κ3) is 3.78. The van der Waals surface area contributed by atoms with E-state index in [0.717, 1.165) is 6.07 Å². The minimum absolute atomic E-state index is 0.0583. The van der Waals surface area contributed by atoms with Gasteiger partial charge in [0.2, 0.25) is 0 Å². The Labute approximate surface area is 135 Å². The monoisotopic (exact) mass is 388 g/mol. The molecule has 0 saturated carbocycles. The number of hydrogen-bond donors (Lipinski definition) is 2. The van der Waals surface area contributed by atoms with Crippen molar-refractivity contribution in [3.8, 4) is 0 Å². The molecule has 0 aromatic heterocycles. The molecule has 0 unspecified atom stereocenters. The summed E-state index contributed by atoms with van der Waals surface area (Å²) in [5.74, 6) is -0.473. The number of anilines is 1. The maximum Gasteiger partial charge on any atom is 0.261 e. The molecule has 0 aliphatic carbocycles. The lowest BCUT2D eigenvalue weighted by molar-refractivity contribution is 0.601. The van der Waals surface area contributed by atoms with Crippen LogP contribution in [-0.4, -0.2) is 13.4 Å². The highest BCUT2D eigenvalue weighted by Gasteiger charge is 2.15. The highest BCUT2D eigenvalue weighted by Crippen LogP contribution is 2.22. The Bertz CT molecular complexity index is 792. The Morgan fingerprint density at radius 3 is 2.33 bits per heavy atom. The molecule has 4 nitrogen and oxygen atoms in total. The van der Waals surface area contributed by atoms with Crippen LogP contribution >= 0.6 is 28.1 Å². The minimum Gasteiger partial charge on any atom is -0.389 e. The van der Waals surface area contributed by atoms with Gasteiger partial charge in [0.05, 0.1) is 15.1 Å². The van der Waals surface area contributed by atoms with E-state index in [-0.39, 0.29) is 20.0 Å². The van der Waals surface area contributed by atoms with E-state index >= 15 is 0 Å². The number of rotatable bonds is 4. The van der Waals surface area contributed by atoms with Crippen molar-refractivity contribution in [1.29, 1.82) is 0 Å². The van der Waals surface area contributed by atoms with E-state index in [2.05, 4.69) is 20.7 Å². The molecule has 2 rings (SSSR count). The third-order valence-electron chi connectivity index (χ3n) is 2.62. The summed E-state index contributed by atoms with van der Waals surface area (Å²) in [4.78, 5) is 0.248. The topological polar surface area (TPSA) is 72.2 Å². The van der Waals surface area contributed by atoms with Crippen molar-refractivity contribution in [3.63, 3.8) is 0 Å². The molecule has 0 bridgehead atoms. The summed E-state index contributed by atoms with van der Waals surface area (Å²) in [6.45, 7) is 0. The second-order valence-electron chi connectivity index (χ2n) is 4.12. The van der Waals surface area contributed by atoms with Crippen molar-refractivity contribution >= 4 is 48.8 Å². The minimum atomic E-state index is -3.76. The molecule has 0 heterocycles. The van der Waals surface area contributed by atoms with Crippen molar-refractivity contribution in [2.24, 2.45) is 5.73 Å². The van der Waals surface area contributed by atoms with Crippen LogP contribution in [0.1, 0.15) is 5.56 Å². The van der Waals surface area contributed by atoms with Gasteiger partial charge in [0.1, 0.15) is 10.8 Å². The smallest absolute Gasteiger partial charge is 0.261 e. The number of nitrogens with two attached hydrogens (primary N) is 1. The molecule has 110 valence electrons. The summed E-state index contributed by atoms with van der Waals surface area (Å²) in [7, 11) is -3.76. The van der Waals surface area contributed by atoms with Crippen LogP contribution in [0.2, 0.25) is 0 Å². The zero-order valence-corrected chi connectivity index (χ0v) is 13.7. The second kappa shape index (κ2) is 6.08. The Hall–Kier alpha value is -1.51. The molecule has 0 aliphatic rings. The molecule has 2 aromatic rings. The van der Waals surface area contributed by atoms with E-state index in [1.54, 1.807) is 0 Å². The van der Waals surface area contributed by atoms with Gasteiger partial charge in [0.25, 0.3) is 10.0 Å². The first kappa shape index (κ1) is 15.9. The van der Waals surface area contributed by atoms with Crippen molar-refractivity contribution in [3.05, 3.63) is 58.3 Å². The number of thiocarbonyl (C=S) groups is 1. The first-order valence-electron chi connectivity index (χ1n) is 5.67. The summed E-state index contributed by atoms with van der Waals surface area (Å²) in [6.07, 6.45) is 0. The van der Waals surface area contributed by atoms with Gasteiger partial charge in [0, 0.05) is 5.56 Å². The van der Waals surface area contributed by atoms with E-state index in [9.17, 15) is 12.8 Å². The van der Waals surface area contributed by atoms with Crippen molar-refractivity contribution in [2.45, 2.75) is 4.90 Å². The fourth-order valence-electron chi connectivity index (χ4n) is 1.57.